The molecule has 0 aromatic carbocycles. The lowest BCUT2D eigenvalue weighted by Gasteiger charge is -2.09. The van der Waals surface area contributed by atoms with Gasteiger partial charge in [-0.15, -0.1) is 0 Å². The van der Waals surface area contributed by atoms with E-state index in [4.69, 9.17) is 4.74 Å². The molecule has 0 saturated carbocycles. The molecule has 1 amide bonds. The van der Waals surface area contributed by atoms with Gasteiger partial charge in [-0.05, 0) is 6.08 Å². The van der Waals surface area contributed by atoms with E-state index in [0.717, 1.165) is 0 Å². The van der Waals surface area contributed by atoms with E-state index in [1.807, 2.05) is 0 Å². The minimum Gasteiger partial charge on any atom is -0.351 e. The van der Waals surface area contributed by atoms with Crippen LogP contribution in [0.3, 0.4) is 0 Å². The molecule has 72 valence electrons. The molecule has 1 rings (SSSR count). The number of nitrogens with zero attached hydrogens (tertiary/aromatic N) is 1. The molecule has 1 aliphatic rings. The Kier molecular flexibility index (Phi) is 3.64. The van der Waals surface area contributed by atoms with Crippen LogP contribution in [0.5, 0.6) is 0 Å². The van der Waals surface area contributed by atoms with Gasteiger partial charge in [0.05, 0.1) is 0 Å². The molecule has 0 atom stereocenters. The standard InChI is InChI=1S/C9H13NO3/c1-2-8(11)4-3-5-10-7-13-6-9(10)12/h3-4H,2,5-7H2,1H3/b4-3+. The molecular weight excluding hydrogens is 170 g/mol. The molecule has 0 spiro atoms. The Morgan fingerprint density at radius 3 is 3.00 bits per heavy atom. The van der Waals surface area contributed by atoms with Crippen LogP contribution in [0, 0.1) is 0 Å². The minimum absolute atomic E-state index is 0.0198. The van der Waals surface area contributed by atoms with E-state index < -0.39 is 0 Å². The third-order valence-corrected chi connectivity index (χ3v) is 1.80. The van der Waals surface area contributed by atoms with Gasteiger partial charge < -0.3 is 9.64 Å². The highest BCUT2D eigenvalue weighted by Gasteiger charge is 2.18. The van der Waals surface area contributed by atoms with Crippen LogP contribution in [-0.2, 0) is 14.3 Å². The summed E-state index contributed by atoms with van der Waals surface area (Å²) in [4.78, 5) is 23.4. The Bertz CT molecular complexity index is 235. The third-order valence-electron chi connectivity index (χ3n) is 1.80. The Morgan fingerprint density at radius 2 is 2.46 bits per heavy atom. The SMILES string of the molecule is CCC(=O)/C=C/CN1COCC1=O. The van der Waals surface area contributed by atoms with Crippen molar-refractivity contribution >= 4 is 11.7 Å². The van der Waals surface area contributed by atoms with Gasteiger partial charge in [-0.3, -0.25) is 9.59 Å². The number of carbonyl (C=O) groups is 2. The van der Waals surface area contributed by atoms with E-state index in [2.05, 4.69) is 0 Å². The van der Waals surface area contributed by atoms with E-state index in [0.29, 0.717) is 19.7 Å². The first-order chi connectivity index (χ1) is 6.24. The van der Waals surface area contributed by atoms with Gasteiger partial charge in [-0.25, -0.2) is 0 Å². The summed E-state index contributed by atoms with van der Waals surface area (Å²) in [5.41, 5.74) is 0. The molecule has 4 nitrogen and oxygen atoms in total. The van der Waals surface area contributed by atoms with Crippen LogP contribution in [0.2, 0.25) is 0 Å². The number of carbonyl (C=O) groups excluding carboxylic acids is 2. The number of allylic oxidation sites excluding steroid dienone is 1. The van der Waals surface area contributed by atoms with Gasteiger partial charge in [0.25, 0.3) is 5.91 Å². The number of amides is 1. The van der Waals surface area contributed by atoms with Crippen molar-refractivity contribution < 1.29 is 14.3 Å². The van der Waals surface area contributed by atoms with Crippen molar-refractivity contribution in [2.75, 3.05) is 19.9 Å². The van der Waals surface area contributed by atoms with E-state index in [-0.39, 0.29) is 18.3 Å². The molecule has 0 radical (unpaired) electrons. The molecule has 1 fully saturated rings. The fraction of sp³-hybridized carbons (Fsp3) is 0.556. The van der Waals surface area contributed by atoms with E-state index in [1.165, 1.54) is 6.08 Å². The molecule has 13 heavy (non-hydrogen) atoms. The van der Waals surface area contributed by atoms with Crippen LogP contribution in [0.25, 0.3) is 0 Å². The summed E-state index contributed by atoms with van der Waals surface area (Å²) < 4.78 is 4.91. The second kappa shape index (κ2) is 4.77. The Morgan fingerprint density at radius 1 is 1.69 bits per heavy atom. The maximum Gasteiger partial charge on any atom is 0.250 e. The number of ketones is 1. The number of rotatable bonds is 4. The molecule has 1 heterocycles. The van der Waals surface area contributed by atoms with Gasteiger partial charge in [0.1, 0.15) is 13.3 Å². The maximum absolute atomic E-state index is 11.0. The lowest BCUT2D eigenvalue weighted by Crippen LogP contribution is -2.25. The summed E-state index contributed by atoms with van der Waals surface area (Å²) in [6, 6.07) is 0. The van der Waals surface area contributed by atoms with E-state index in [1.54, 1.807) is 17.9 Å². The predicted octanol–water partition coefficient (Wildman–Crippen LogP) is 0.338. The molecule has 1 saturated heterocycles. The zero-order valence-electron chi connectivity index (χ0n) is 7.66. The Balaban J connectivity index is 2.29. The normalized spacial score (nSPS) is 17.3. The lowest BCUT2D eigenvalue weighted by molar-refractivity contribution is -0.126. The molecule has 0 bridgehead atoms. The van der Waals surface area contributed by atoms with Crippen molar-refractivity contribution in [1.29, 1.82) is 0 Å². The fourth-order valence-corrected chi connectivity index (χ4v) is 0.990. The highest BCUT2D eigenvalue weighted by Crippen LogP contribution is 2.00. The quantitative estimate of drug-likeness (QED) is 0.590. The number of ether oxygens (including phenoxy) is 1. The highest BCUT2D eigenvalue weighted by atomic mass is 16.5. The number of hydrogen-bond donors (Lipinski definition) is 0. The average Bonchev–Trinajstić information content (AvgIpc) is 2.52. The van der Waals surface area contributed by atoms with Gasteiger partial charge >= 0.3 is 0 Å². The molecular formula is C9H13NO3. The monoisotopic (exact) mass is 183 g/mol. The summed E-state index contributed by atoms with van der Waals surface area (Å²) in [5.74, 6) is 0.0566. The lowest BCUT2D eigenvalue weighted by atomic mass is 10.3. The first-order valence-electron chi connectivity index (χ1n) is 4.29. The van der Waals surface area contributed by atoms with Crippen molar-refractivity contribution in [2.45, 2.75) is 13.3 Å². The minimum atomic E-state index is -0.0198. The summed E-state index contributed by atoms with van der Waals surface area (Å²) in [7, 11) is 0. The molecule has 0 unspecified atom stereocenters. The van der Waals surface area contributed by atoms with Crippen LogP contribution >= 0.6 is 0 Å². The first kappa shape index (κ1) is 9.92. The molecule has 0 aromatic rings. The zero-order valence-corrected chi connectivity index (χ0v) is 7.66. The molecule has 4 heteroatoms. The second-order valence-electron chi connectivity index (χ2n) is 2.82. The summed E-state index contributed by atoms with van der Waals surface area (Å²) in [6.45, 7) is 2.76. The average molecular weight is 183 g/mol. The molecule has 0 N–H and O–H groups in total. The maximum atomic E-state index is 11.0. The van der Waals surface area contributed by atoms with E-state index in [9.17, 15) is 9.59 Å². The van der Waals surface area contributed by atoms with Crippen LogP contribution < -0.4 is 0 Å². The fourth-order valence-electron chi connectivity index (χ4n) is 0.990. The Hall–Kier alpha value is -1.16. The van der Waals surface area contributed by atoms with Crippen LogP contribution in [0.4, 0.5) is 0 Å². The predicted molar refractivity (Wildman–Crippen MR) is 47.0 cm³/mol. The Labute approximate surface area is 77.2 Å². The summed E-state index contributed by atoms with van der Waals surface area (Å²) >= 11 is 0. The summed E-state index contributed by atoms with van der Waals surface area (Å²) in [5, 5.41) is 0. The summed E-state index contributed by atoms with van der Waals surface area (Å²) in [6.07, 6.45) is 3.70. The number of hydrogen-bond acceptors (Lipinski definition) is 3. The highest BCUT2D eigenvalue weighted by molar-refractivity contribution is 5.89. The zero-order chi connectivity index (χ0) is 9.68. The van der Waals surface area contributed by atoms with Gasteiger partial charge in [-0.2, -0.15) is 0 Å². The van der Waals surface area contributed by atoms with Gasteiger partial charge in [0.15, 0.2) is 5.78 Å². The van der Waals surface area contributed by atoms with Crippen LogP contribution in [0.15, 0.2) is 12.2 Å². The van der Waals surface area contributed by atoms with Crippen molar-refractivity contribution in [3.8, 4) is 0 Å². The first-order valence-corrected chi connectivity index (χ1v) is 4.29. The smallest absolute Gasteiger partial charge is 0.250 e. The second-order valence-corrected chi connectivity index (χ2v) is 2.82. The van der Waals surface area contributed by atoms with Crippen molar-refractivity contribution in [2.24, 2.45) is 0 Å². The third kappa shape index (κ3) is 2.99. The van der Waals surface area contributed by atoms with Crippen molar-refractivity contribution in [1.82, 2.24) is 4.90 Å². The van der Waals surface area contributed by atoms with Gasteiger partial charge in [0.2, 0.25) is 0 Å². The van der Waals surface area contributed by atoms with Gasteiger partial charge in [-0.1, -0.05) is 13.0 Å². The molecule has 1 aliphatic heterocycles. The van der Waals surface area contributed by atoms with Crippen molar-refractivity contribution in [3.05, 3.63) is 12.2 Å². The topological polar surface area (TPSA) is 46.6 Å². The van der Waals surface area contributed by atoms with Crippen LogP contribution in [0.1, 0.15) is 13.3 Å². The van der Waals surface area contributed by atoms with E-state index >= 15 is 0 Å². The molecule has 0 aliphatic carbocycles. The van der Waals surface area contributed by atoms with Gasteiger partial charge in [0, 0.05) is 13.0 Å². The van der Waals surface area contributed by atoms with Crippen molar-refractivity contribution in [3.63, 3.8) is 0 Å². The largest absolute Gasteiger partial charge is 0.351 e. The molecule has 0 aromatic heterocycles. The van der Waals surface area contributed by atoms with Crippen LogP contribution in [-0.4, -0.2) is 36.5 Å².